The van der Waals surface area contributed by atoms with Gasteiger partial charge in [-0.1, -0.05) is 17.3 Å². The first-order valence-electron chi connectivity index (χ1n) is 6.92. The molecular formula is C15H23N3O2. The van der Waals surface area contributed by atoms with Gasteiger partial charge in [-0.05, 0) is 42.9 Å². The maximum atomic E-state index is 8.67. The van der Waals surface area contributed by atoms with E-state index in [-0.39, 0.29) is 11.5 Å². The molecular weight excluding hydrogens is 254 g/mol. The minimum absolute atomic E-state index is 0.170. The number of nitrogens with zero attached hydrogens (tertiary/aromatic N) is 1. The number of amidine groups is 1. The van der Waals surface area contributed by atoms with Crippen LogP contribution < -0.4 is 15.8 Å². The Morgan fingerprint density at radius 3 is 2.90 bits per heavy atom. The second-order valence-electron chi connectivity index (χ2n) is 5.65. The van der Waals surface area contributed by atoms with Crippen LogP contribution in [0, 0.1) is 5.41 Å². The molecule has 0 aliphatic heterocycles. The lowest BCUT2D eigenvalue weighted by molar-refractivity contribution is 0.313. The zero-order valence-corrected chi connectivity index (χ0v) is 12.1. The summed E-state index contributed by atoms with van der Waals surface area (Å²) in [7, 11) is 1.67. The van der Waals surface area contributed by atoms with Crippen molar-refractivity contribution in [1.82, 2.24) is 5.32 Å². The Morgan fingerprint density at radius 1 is 1.55 bits per heavy atom. The molecule has 1 aliphatic rings. The van der Waals surface area contributed by atoms with E-state index in [1.807, 2.05) is 18.2 Å². The van der Waals surface area contributed by atoms with E-state index in [1.165, 1.54) is 5.56 Å². The van der Waals surface area contributed by atoms with Gasteiger partial charge in [-0.15, -0.1) is 0 Å². The van der Waals surface area contributed by atoms with Crippen molar-refractivity contribution in [3.05, 3.63) is 29.8 Å². The van der Waals surface area contributed by atoms with Crippen molar-refractivity contribution in [2.45, 2.75) is 32.2 Å². The summed E-state index contributed by atoms with van der Waals surface area (Å²) in [5.41, 5.74) is 6.98. The number of nitrogens with one attached hydrogen (secondary N) is 1. The van der Waals surface area contributed by atoms with Crippen LogP contribution in [-0.4, -0.2) is 24.7 Å². The van der Waals surface area contributed by atoms with Gasteiger partial charge in [0.1, 0.15) is 11.6 Å². The molecule has 2 rings (SSSR count). The molecule has 0 amide bonds. The minimum atomic E-state index is 0.170. The largest absolute Gasteiger partial charge is 0.497 e. The highest BCUT2D eigenvalue weighted by atomic mass is 16.5. The van der Waals surface area contributed by atoms with Crippen molar-refractivity contribution < 1.29 is 9.94 Å². The van der Waals surface area contributed by atoms with Crippen molar-refractivity contribution in [3.63, 3.8) is 0 Å². The third-order valence-electron chi connectivity index (χ3n) is 4.02. The third-order valence-corrected chi connectivity index (χ3v) is 4.02. The maximum absolute atomic E-state index is 8.67. The molecule has 1 atom stereocenters. The summed E-state index contributed by atoms with van der Waals surface area (Å²) >= 11 is 0. The maximum Gasteiger partial charge on any atom is 0.139 e. The highest BCUT2D eigenvalue weighted by Gasteiger charge is 2.43. The fraction of sp³-hybridized carbons (Fsp3) is 0.533. The molecule has 110 valence electrons. The lowest BCUT2D eigenvalue weighted by Crippen LogP contribution is -2.30. The van der Waals surface area contributed by atoms with Gasteiger partial charge in [-0.25, -0.2) is 0 Å². The Morgan fingerprint density at radius 2 is 2.30 bits per heavy atom. The SMILES string of the molecule is COc1cccc([C@H](C)NCC2(C/C(N)=N/O)CC2)c1. The second kappa shape index (κ2) is 6.13. The summed E-state index contributed by atoms with van der Waals surface area (Å²) < 4.78 is 5.24. The number of rotatable bonds is 7. The van der Waals surface area contributed by atoms with Crippen LogP contribution >= 0.6 is 0 Å². The molecule has 1 fully saturated rings. The molecule has 0 heterocycles. The topological polar surface area (TPSA) is 79.9 Å². The third kappa shape index (κ3) is 3.63. The van der Waals surface area contributed by atoms with Crippen LogP contribution in [0.5, 0.6) is 5.75 Å². The molecule has 0 spiro atoms. The molecule has 1 aromatic carbocycles. The van der Waals surface area contributed by atoms with Gasteiger partial charge in [0.2, 0.25) is 0 Å². The van der Waals surface area contributed by atoms with E-state index >= 15 is 0 Å². The van der Waals surface area contributed by atoms with Gasteiger partial charge < -0.3 is 21.0 Å². The molecule has 20 heavy (non-hydrogen) atoms. The predicted octanol–water partition coefficient (Wildman–Crippen LogP) is 2.26. The quantitative estimate of drug-likeness (QED) is 0.309. The average molecular weight is 277 g/mol. The van der Waals surface area contributed by atoms with E-state index in [2.05, 4.69) is 23.5 Å². The summed E-state index contributed by atoms with van der Waals surface area (Å²) in [6.07, 6.45) is 2.91. The van der Waals surface area contributed by atoms with E-state index in [0.717, 1.165) is 25.1 Å². The second-order valence-corrected chi connectivity index (χ2v) is 5.65. The Kier molecular flexibility index (Phi) is 4.49. The summed E-state index contributed by atoms with van der Waals surface area (Å²) in [6, 6.07) is 8.31. The molecule has 1 aromatic rings. The molecule has 0 bridgehead atoms. The number of oxime groups is 1. The molecule has 0 unspecified atom stereocenters. The Balaban J connectivity index is 1.90. The van der Waals surface area contributed by atoms with E-state index in [4.69, 9.17) is 15.7 Å². The molecule has 0 radical (unpaired) electrons. The summed E-state index contributed by atoms with van der Waals surface area (Å²) in [5, 5.41) is 15.3. The molecule has 0 aromatic heterocycles. The molecule has 1 saturated carbocycles. The first-order valence-corrected chi connectivity index (χ1v) is 6.92. The zero-order valence-electron chi connectivity index (χ0n) is 12.1. The fourth-order valence-electron chi connectivity index (χ4n) is 2.41. The lowest BCUT2D eigenvalue weighted by Gasteiger charge is -2.20. The van der Waals surface area contributed by atoms with Crippen LogP contribution in [0.2, 0.25) is 0 Å². The lowest BCUT2D eigenvalue weighted by atomic mass is 10.0. The van der Waals surface area contributed by atoms with Crippen molar-refractivity contribution in [3.8, 4) is 5.75 Å². The summed E-state index contributed by atoms with van der Waals surface area (Å²) in [4.78, 5) is 0. The van der Waals surface area contributed by atoms with Crippen LogP contribution in [0.3, 0.4) is 0 Å². The summed E-state index contributed by atoms with van der Waals surface area (Å²) in [5.74, 6) is 1.19. The van der Waals surface area contributed by atoms with Crippen LogP contribution in [-0.2, 0) is 0 Å². The van der Waals surface area contributed by atoms with Crippen molar-refractivity contribution >= 4 is 5.84 Å². The number of nitrogens with two attached hydrogens (primary N) is 1. The van der Waals surface area contributed by atoms with Gasteiger partial charge in [0.25, 0.3) is 0 Å². The first-order chi connectivity index (χ1) is 9.58. The van der Waals surface area contributed by atoms with Crippen molar-refractivity contribution in [1.29, 1.82) is 0 Å². The van der Waals surface area contributed by atoms with E-state index in [0.29, 0.717) is 12.3 Å². The summed E-state index contributed by atoms with van der Waals surface area (Å²) in [6.45, 7) is 3.01. The zero-order chi connectivity index (χ0) is 14.6. The number of hydrogen-bond acceptors (Lipinski definition) is 4. The van der Waals surface area contributed by atoms with Crippen LogP contribution in [0.15, 0.2) is 29.4 Å². The normalized spacial score (nSPS) is 18.6. The molecule has 5 heteroatoms. The number of methoxy groups -OCH3 is 1. The van der Waals surface area contributed by atoms with E-state index < -0.39 is 0 Å². The molecule has 0 saturated heterocycles. The van der Waals surface area contributed by atoms with Crippen LogP contribution in [0.4, 0.5) is 0 Å². The number of hydrogen-bond donors (Lipinski definition) is 3. The van der Waals surface area contributed by atoms with E-state index in [1.54, 1.807) is 7.11 Å². The van der Waals surface area contributed by atoms with Crippen LogP contribution in [0.1, 0.15) is 37.8 Å². The monoisotopic (exact) mass is 277 g/mol. The van der Waals surface area contributed by atoms with Gasteiger partial charge in [-0.2, -0.15) is 0 Å². The minimum Gasteiger partial charge on any atom is -0.497 e. The molecule has 1 aliphatic carbocycles. The van der Waals surface area contributed by atoms with Crippen LogP contribution in [0.25, 0.3) is 0 Å². The Bertz CT molecular complexity index is 484. The van der Waals surface area contributed by atoms with Gasteiger partial charge in [-0.3, -0.25) is 0 Å². The van der Waals surface area contributed by atoms with Gasteiger partial charge in [0, 0.05) is 19.0 Å². The predicted molar refractivity (Wildman–Crippen MR) is 79.1 cm³/mol. The van der Waals surface area contributed by atoms with Crippen molar-refractivity contribution in [2.24, 2.45) is 16.3 Å². The average Bonchev–Trinajstić information content (AvgIpc) is 3.24. The molecule has 4 N–H and O–H groups in total. The number of ether oxygens (including phenoxy) is 1. The Labute approximate surface area is 119 Å². The Hall–Kier alpha value is -1.75. The van der Waals surface area contributed by atoms with Gasteiger partial charge in [0.05, 0.1) is 7.11 Å². The fourth-order valence-corrected chi connectivity index (χ4v) is 2.41. The van der Waals surface area contributed by atoms with Gasteiger partial charge >= 0.3 is 0 Å². The first kappa shape index (κ1) is 14.7. The van der Waals surface area contributed by atoms with E-state index in [9.17, 15) is 0 Å². The molecule has 5 nitrogen and oxygen atoms in total. The smallest absolute Gasteiger partial charge is 0.139 e. The van der Waals surface area contributed by atoms with Gasteiger partial charge in [0.15, 0.2) is 0 Å². The van der Waals surface area contributed by atoms with Crippen molar-refractivity contribution in [2.75, 3.05) is 13.7 Å². The highest BCUT2D eigenvalue weighted by Crippen LogP contribution is 2.48. The highest BCUT2D eigenvalue weighted by molar-refractivity contribution is 5.80. The standard InChI is InChI=1S/C15H23N3O2/c1-11(12-4-3-5-13(8-12)20-2)17-10-15(6-7-15)9-14(16)18-19/h3-5,8,11,17,19H,6-7,9-10H2,1-2H3,(H2,16,18)/t11-/m0/s1. The number of benzene rings is 1.